The van der Waals surface area contributed by atoms with Gasteiger partial charge in [-0.15, -0.1) is 0 Å². The van der Waals surface area contributed by atoms with Crippen molar-refractivity contribution in [3.05, 3.63) is 11.6 Å². The third-order valence-corrected chi connectivity index (χ3v) is 20.4. The standard InChI is InChI=1S/C52H84O21/c1-22(2)15-24-16-50(8,63)42-25-9-10-30-48(6)13-12-31(47(4,5)29(48)11-14-49(30,7)51(25)20-52(42,73-24)66-21-51)69-45-41(72-44-38(62)35(59)32(56)23(3)67-44)39(27(55)19-65-45)70-46-40(36(60)34(58)28(17-53)68-46)71-43-37(61)33(57)26(54)18-64-43/h15,23-46,53-63H,9-14,16-21H2,1-8H3/t23-,24?,25?,26+,27-,28+,29?,30?,31-,32-,33?,34+,35+,36?,37+,38+,39?,40+,41+,42?,43-,44-,45-,46-,48-,49+,50?,51-,52-/m0/s1. The van der Waals surface area contributed by atoms with Crippen LogP contribution in [0.4, 0.5) is 0 Å². The van der Waals surface area contributed by atoms with Gasteiger partial charge in [-0.3, -0.25) is 0 Å². The van der Waals surface area contributed by atoms with E-state index in [4.69, 9.17) is 47.4 Å². The Kier molecular flexibility index (Phi) is 14.8. The molecule has 11 N–H and O–H groups in total. The minimum atomic E-state index is -1.87. The summed E-state index contributed by atoms with van der Waals surface area (Å²) in [5.41, 5.74) is -0.717. The minimum absolute atomic E-state index is 0.108. The maximum atomic E-state index is 12.3. The van der Waals surface area contributed by atoms with E-state index in [2.05, 4.69) is 47.6 Å². The van der Waals surface area contributed by atoms with Crippen molar-refractivity contribution < 1.29 is 104 Å². The summed E-state index contributed by atoms with van der Waals surface area (Å²) >= 11 is 0. The predicted octanol–water partition coefficient (Wildman–Crippen LogP) is -0.542. The van der Waals surface area contributed by atoms with Gasteiger partial charge in [0, 0.05) is 24.2 Å². The number of allylic oxidation sites excluding steroid dienone is 1. The monoisotopic (exact) mass is 1040 g/mol. The Labute approximate surface area is 426 Å². The lowest BCUT2D eigenvalue weighted by molar-refractivity contribution is -0.399. The summed E-state index contributed by atoms with van der Waals surface area (Å²) in [4.78, 5) is 0. The summed E-state index contributed by atoms with van der Waals surface area (Å²) in [7, 11) is 0. The van der Waals surface area contributed by atoms with Crippen molar-refractivity contribution >= 4 is 0 Å². The Hall–Kier alpha value is -1.10. The van der Waals surface area contributed by atoms with E-state index in [1.54, 1.807) is 0 Å². The van der Waals surface area contributed by atoms with Gasteiger partial charge in [0.1, 0.15) is 79.4 Å². The van der Waals surface area contributed by atoms with Crippen molar-refractivity contribution in [2.45, 2.75) is 241 Å². The molecule has 0 aromatic rings. The molecule has 73 heavy (non-hydrogen) atoms. The quantitative estimate of drug-likeness (QED) is 0.0967. The van der Waals surface area contributed by atoms with E-state index in [1.807, 2.05) is 6.92 Å². The molecule has 0 aromatic heterocycles. The average Bonchev–Trinajstić information content (AvgIpc) is 3.85. The normalized spacial score (nSPS) is 57.5. The van der Waals surface area contributed by atoms with Crippen LogP contribution in [0.2, 0.25) is 0 Å². The maximum Gasteiger partial charge on any atom is 0.187 e. The van der Waals surface area contributed by atoms with Crippen molar-refractivity contribution in [1.82, 2.24) is 0 Å². The summed E-state index contributed by atoms with van der Waals surface area (Å²) in [5.74, 6) is -0.230. The second kappa shape index (κ2) is 19.6. The maximum absolute atomic E-state index is 12.3. The Morgan fingerprint density at radius 2 is 1.32 bits per heavy atom. The second-order valence-corrected chi connectivity index (χ2v) is 25.3. The Bertz CT molecular complexity index is 2010. The fraction of sp³-hybridized carbons (Fsp3) is 0.962. The molecule has 6 aliphatic heterocycles. The molecule has 418 valence electrons. The molecule has 29 atom stereocenters. The van der Waals surface area contributed by atoms with Gasteiger partial charge in [-0.1, -0.05) is 39.3 Å². The summed E-state index contributed by atoms with van der Waals surface area (Å²) in [5, 5.41) is 121. The molecule has 10 aliphatic rings. The first kappa shape index (κ1) is 55.2. The molecule has 2 spiro atoms. The predicted molar refractivity (Wildman–Crippen MR) is 250 cm³/mol. The highest BCUT2D eigenvalue weighted by atomic mass is 16.8. The molecule has 0 radical (unpaired) electrons. The highest BCUT2D eigenvalue weighted by Gasteiger charge is 2.81. The van der Waals surface area contributed by atoms with E-state index in [0.717, 1.165) is 44.1 Å². The van der Waals surface area contributed by atoms with Crippen LogP contribution in [-0.2, 0) is 47.4 Å². The van der Waals surface area contributed by atoms with Crippen molar-refractivity contribution in [3.8, 4) is 0 Å². The first-order chi connectivity index (χ1) is 34.2. The van der Waals surface area contributed by atoms with E-state index >= 15 is 0 Å². The van der Waals surface area contributed by atoms with Gasteiger partial charge >= 0.3 is 0 Å². The van der Waals surface area contributed by atoms with Crippen molar-refractivity contribution in [3.63, 3.8) is 0 Å². The Morgan fingerprint density at radius 1 is 0.644 bits per heavy atom. The molecule has 4 saturated carbocycles. The summed E-state index contributed by atoms with van der Waals surface area (Å²) in [6.07, 6.45) is -20.8. The summed E-state index contributed by atoms with van der Waals surface area (Å²) in [6, 6.07) is 0. The van der Waals surface area contributed by atoms with Crippen LogP contribution in [0, 0.1) is 45.3 Å². The number of hydrogen-bond acceptors (Lipinski definition) is 21. The molecule has 6 saturated heterocycles. The van der Waals surface area contributed by atoms with Gasteiger partial charge in [0.25, 0.3) is 0 Å². The fourth-order valence-corrected chi connectivity index (χ4v) is 16.9. The minimum Gasteiger partial charge on any atom is -0.394 e. The van der Waals surface area contributed by atoms with Gasteiger partial charge in [-0.05, 0) is 100 Å². The van der Waals surface area contributed by atoms with Gasteiger partial charge in [-0.25, -0.2) is 0 Å². The van der Waals surface area contributed by atoms with Crippen LogP contribution in [0.5, 0.6) is 0 Å². The molecule has 9 unspecified atom stereocenters. The molecule has 10 fully saturated rings. The number of fused-ring (bicyclic) bond motifs is 4. The number of ether oxygens (including phenoxy) is 10. The lowest BCUT2D eigenvalue weighted by Gasteiger charge is -2.70. The van der Waals surface area contributed by atoms with E-state index in [1.165, 1.54) is 6.92 Å². The SMILES string of the molecule is CC(C)=CC1CC(C)(O)C2C3CCC4[C@@]5(C)CC[C@H](O[C@@H]6OC[C@H](O)C(O[C@@H]7O[C@H](CO)[C@@H](O)C(O)[C@H]7O[C@@H]7OC[C@@H](O)C(O)[C@H]7O)[C@H]6O[C@@H]6O[C@@H](C)[C@H](O)[C@@H](O)[C@H]6O)C(C)(C)C5CC[C@@]4(C)[C@@]34CO[C@@]2(C4)O1. The van der Waals surface area contributed by atoms with Gasteiger partial charge in [0.2, 0.25) is 0 Å². The lowest BCUT2D eigenvalue weighted by Crippen LogP contribution is -2.68. The van der Waals surface area contributed by atoms with E-state index < -0.39 is 147 Å². The number of aliphatic hydroxyl groups is 11. The molecular formula is C52H84O21. The van der Waals surface area contributed by atoms with E-state index in [9.17, 15) is 56.2 Å². The summed E-state index contributed by atoms with van der Waals surface area (Å²) < 4.78 is 63.4. The first-order valence-electron chi connectivity index (χ1n) is 26.8. The molecule has 10 rings (SSSR count). The molecule has 21 heteroatoms. The Morgan fingerprint density at radius 3 is 2.03 bits per heavy atom. The largest absolute Gasteiger partial charge is 0.394 e. The molecule has 0 amide bonds. The van der Waals surface area contributed by atoms with Gasteiger partial charge < -0.3 is 104 Å². The zero-order valence-electron chi connectivity index (χ0n) is 43.4. The highest BCUT2D eigenvalue weighted by molar-refractivity contribution is 5.27. The van der Waals surface area contributed by atoms with Crippen molar-refractivity contribution in [2.24, 2.45) is 45.3 Å². The average molecular weight is 1050 g/mol. The van der Waals surface area contributed by atoms with Gasteiger partial charge in [0.05, 0.1) is 50.3 Å². The van der Waals surface area contributed by atoms with Crippen molar-refractivity contribution in [2.75, 3.05) is 26.4 Å². The molecular weight excluding hydrogens is 961 g/mol. The molecule has 4 aliphatic carbocycles. The third-order valence-electron chi connectivity index (χ3n) is 20.4. The Balaban J connectivity index is 0.919. The smallest absolute Gasteiger partial charge is 0.187 e. The van der Waals surface area contributed by atoms with E-state index in [-0.39, 0.29) is 46.7 Å². The number of aliphatic hydroxyl groups excluding tert-OH is 10. The van der Waals surface area contributed by atoms with Crippen LogP contribution in [0.15, 0.2) is 11.6 Å². The van der Waals surface area contributed by atoms with Crippen molar-refractivity contribution in [1.29, 1.82) is 0 Å². The van der Waals surface area contributed by atoms with Crippen LogP contribution >= 0.6 is 0 Å². The van der Waals surface area contributed by atoms with Crippen LogP contribution < -0.4 is 0 Å². The molecule has 2 bridgehead atoms. The zero-order valence-corrected chi connectivity index (χ0v) is 43.4. The van der Waals surface area contributed by atoms with E-state index in [0.29, 0.717) is 25.4 Å². The zero-order chi connectivity index (χ0) is 52.7. The second-order valence-electron chi connectivity index (χ2n) is 25.3. The molecule has 6 heterocycles. The number of rotatable bonds is 10. The van der Waals surface area contributed by atoms with Crippen LogP contribution in [0.3, 0.4) is 0 Å². The topological polar surface area (TPSA) is 315 Å². The molecule has 0 aromatic carbocycles. The van der Waals surface area contributed by atoms with Gasteiger partial charge in [-0.2, -0.15) is 0 Å². The molecule has 21 nitrogen and oxygen atoms in total. The summed E-state index contributed by atoms with van der Waals surface area (Å²) in [6.45, 7) is 15.9. The fourth-order valence-electron chi connectivity index (χ4n) is 16.9. The van der Waals surface area contributed by atoms with Crippen LogP contribution in [0.25, 0.3) is 0 Å². The van der Waals surface area contributed by atoms with Crippen LogP contribution in [0.1, 0.15) is 107 Å². The first-order valence-corrected chi connectivity index (χ1v) is 26.8. The lowest BCUT2D eigenvalue weighted by atomic mass is 9.35. The third kappa shape index (κ3) is 8.77. The highest BCUT2D eigenvalue weighted by Crippen LogP contribution is 2.80. The number of hydrogen-bond donors (Lipinski definition) is 11. The van der Waals surface area contributed by atoms with Crippen LogP contribution in [-0.4, -0.2) is 217 Å². The van der Waals surface area contributed by atoms with Gasteiger partial charge in [0.15, 0.2) is 30.9 Å².